The van der Waals surface area contributed by atoms with Crippen LogP contribution < -0.4 is 0 Å². The summed E-state index contributed by atoms with van der Waals surface area (Å²) in [7, 11) is 0. The van der Waals surface area contributed by atoms with Crippen LogP contribution in [0.3, 0.4) is 0 Å². The molecule has 0 spiro atoms. The van der Waals surface area contributed by atoms with Gasteiger partial charge < -0.3 is 0 Å². The van der Waals surface area contributed by atoms with Gasteiger partial charge in [-0.25, -0.2) is 0 Å². The van der Waals surface area contributed by atoms with Gasteiger partial charge in [0.15, 0.2) is 0 Å². The molecule has 135 valence electrons. The Hall–Kier alpha value is -1.77. The monoisotopic (exact) mass is 347 g/mol. The second-order valence-electron chi connectivity index (χ2n) is 7.16. The fourth-order valence-corrected chi connectivity index (χ4v) is 3.22. The summed E-state index contributed by atoms with van der Waals surface area (Å²) in [6.45, 7) is 8.12. The first-order chi connectivity index (χ1) is 11.7. The van der Waals surface area contributed by atoms with Crippen LogP contribution in [0.4, 0.5) is 13.2 Å². The van der Waals surface area contributed by atoms with Gasteiger partial charge in [-0.15, -0.1) is 0 Å². The number of hydrogen-bond donors (Lipinski definition) is 0. The number of rotatable bonds is 6. The van der Waals surface area contributed by atoms with Crippen molar-refractivity contribution in [3.05, 3.63) is 76.7 Å². The first-order valence-corrected chi connectivity index (χ1v) is 8.74. The third-order valence-corrected chi connectivity index (χ3v) is 4.60. The summed E-state index contributed by atoms with van der Waals surface area (Å²) >= 11 is 0. The molecule has 1 unspecified atom stereocenters. The van der Waals surface area contributed by atoms with E-state index in [4.69, 9.17) is 0 Å². The SMILES string of the molecule is C[C](Cc1ccc(C(C)CC(F)(F)F)cc1)c1ccccc1C(C)C. The van der Waals surface area contributed by atoms with Crippen molar-refractivity contribution in [2.45, 2.75) is 58.5 Å². The van der Waals surface area contributed by atoms with Crippen LogP contribution in [0.1, 0.15) is 68.2 Å². The molecule has 1 atom stereocenters. The normalized spacial score (nSPS) is 13.5. The fraction of sp³-hybridized carbons (Fsp3) is 0.409. The summed E-state index contributed by atoms with van der Waals surface area (Å²) in [6, 6.07) is 16.0. The maximum atomic E-state index is 12.5. The average Bonchev–Trinajstić information content (AvgIpc) is 2.53. The predicted molar refractivity (Wildman–Crippen MR) is 97.8 cm³/mol. The first kappa shape index (κ1) is 19.6. The van der Waals surface area contributed by atoms with E-state index in [1.165, 1.54) is 17.0 Å². The number of alkyl halides is 3. The van der Waals surface area contributed by atoms with Crippen LogP contribution in [0.25, 0.3) is 0 Å². The topological polar surface area (TPSA) is 0 Å². The van der Waals surface area contributed by atoms with Crippen LogP contribution in [0.15, 0.2) is 48.5 Å². The van der Waals surface area contributed by atoms with Crippen molar-refractivity contribution in [1.29, 1.82) is 0 Å². The Morgan fingerprint density at radius 1 is 0.920 bits per heavy atom. The largest absolute Gasteiger partial charge is 0.389 e. The highest BCUT2D eigenvalue weighted by Crippen LogP contribution is 2.32. The van der Waals surface area contributed by atoms with Gasteiger partial charge in [-0.05, 0) is 40.5 Å². The quantitative estimate of drug-likeness (QED) is 0.525. The predicted octanol–water partition coefficient (Wildman–Crippen LogP) is 7.05. The molecule has 25 heavy (non-hydrogen) atoms. The molecule has 0 aliphatic carbocycles. The van der Waals surface area contributed by atoms with E-state index in [0.29, 0.717) is 5.92 Å². The average molecular weight is 347 g/mol. The summed E-state index contributed by atoms with van der Waals surface area (Å²) in [6.07, 6.45) is -4.10. The van der Waals surface area contributed by atoms with Gasteiger partial charge >= 0.3 is 6.18 Å². The Morgan fingerprint density at radius 3 is 2.08 bits per heavy atom. The van der Waals surface area contributed by atoms with Crippen molar-refractivity contribution in [1.82, 2.24) is 0 Å². The van der Waals surface area contributed by atoms with E-state index in [1.54, 1.807) is 6.92 Å². The lowest BCUT2D eigenvalue weighted by atomic mass is 9.86. The van der Waals surface area contributed by atoms with Gasteiger partial charge in [0.2, 0.25) is 0 Å². The van der Waals surface area contributed by atoms with Crippen LogP contribution in [0.2, 0.25) is 0 Å². The third-order valence-electron chi connectivity index (χ3n) is 4.60. The molecule has 0 aromatic heterocycles. The lowest BCUT2D eigenvalue weighted by Gasteiger charge is -2.19. The zero-order valence-electron chi connectivity index (χ0n) is 15.3. The van der Waals surface area contributed by atoms with E-state index in [0.717, 1.165) is 17.5 Å². The van der Waals surface area contributed by atoms with E-state index < -0.39 is 18.5 Å². The molecule has 0 bridgehead atoms. The summed E-state index contributed by atoms with van der Waals surface area (Å²) in [4.78, 5) is 0. The van der Waals surface area contributed by atoms with Crippen LogP contribution in [-0.4, -0.2) is 6.18 Å². The lowest BCUT2D eigenvalue weighted by Crippen LogP contribution is -2.12. The highest BCUT2D eigenvalue weighted by Gasteiger charge is 2.30. The fourth-order valence-electron chi connectivity index (χ4n) is 3.22. The smallest absolute Gasteiger partial charge is 0.171 e. The van der Waals surface area contributed by atoms with E-state index in [9.17, 15) is 13.2 Å². The van der Waals surface area contributed by atoms with Crippen molar-refractivity contribution < 1.29 is 13.2 Å². The van der Waals surface area contributed by atoms with Crippen LogP contribution in [0, 0.1) is 5.92 Å². The standard InChI is InChI=1S/C22H26F3/c1-15(2)20-7-5-6-8-21(20)16(3)13-18-9-11-19(12-10-18)17(4)14-22(23,24)25/h5-12,15,17H,13-14H2,1-4H3. The third kappa shape index (κ3) is 5.62. The van der Waals surface area contributed by atoms with E-state index in [1.807, 2.05) is 30.3 Å². The highest BCUT2D eigenvalue weighted by atomic mass is 19.4. The molecule has 2 aromatic rings. The van der Waals surface area contributed by atoms with Crippen molar-refractivity contribution in [2.75, 3.05) is 0 Å². The van der Waals surface area contributed by atoms with Crippen molar-refractivity contribution in [3.63, 3.8) is 0 Å². The molecule has 2 rings (SSSR count). The van der Waals surface area contributed by atoms with E-state index >= 15 is 0 Å². The van der Waals surface area contributed by atoms with Gasteiger partial charge in [0.25, 0.3) is 0 Å². The molecule has 1 radical (unpaired) electrons. The summed E-state index contributed by atoms with van der Waals surface area (Å²) < 4.78 is 37.6. The molecule has 0 aliphatic heterocycles. The van der Waals surface area contributed by atoms with Gasteiger partial charge in [0.1, 0.15) is 0 Å². The molecule has 0 aliphatic rings. The lowest BCUT2D eigenvalue weighted by molar-refractivity contribution is -0.137. The van der Waals surface area contributed by atoms with Crippen molar-refractivity contribution in [2.24, 2.45) is 0 Å². The zero-order chi connectivity index (χ0) is 18.6. The summed E-state index contributed by atoms with van der Waals surface area (Å²) in [5.41, 5.74) is 4.46. The minimum absolute atomic E-state index is 0.455. The Balaban J connectivity index is 2.09. The molecule has 0 saturated heterocycles. The molecule has 3 heteroatoms. The van der Waals surface area contributed by atoms with Crippen LogP contribution in [0.5, 0.6) is 0 Å². The molecule has 0 heterocycles. The minimum atomic E-state index is -4.12. The van der Waals surface area contributed by atoms with Crippen molar-refractivity contribution >= 4 is 0 Å². The van der Waals surface area contributed by atoms with Crippen LogP contribution >= 0.6 is 0 Å². The zero-order valence-corrected chi connectivity index (χ0v) is 15.3. The van der Waals surface area contributed by atoms with E-state index in [2.05, 4.69) is 39.0 Å². The second kappa shape index (κ2) is 8.07. The van der Waals surface area contributed by atoms with Gasteiger partial charge in [-0.1, -0.05) is 76.2 Å². The molecule has 0 N–H and O–H groups in total. The van der Waals surface area contributed by atoms with Crippen molar-refractivity contribution in [3.8, 4) is 0 Å². The second-order valence-corrected chi connectivity index (χ2v) is 7.16. The minimum Gasteiger partial charge on any atom is -0.171 e. The number of benzene rings is 2. The Morgan fingerprint density at radius 2 is 1.52 bits per heavy atom. The van der Waals surface area contributed by atoms with Gasteiger partial charge in [0.05, 0.1) is 6.42 Å². The number of hydrogen-bond acceptors (Lipinski definition) is 0. The molecule has 0 nitrogen and oxygen atoms in total. The molecular formula is C22H26F3. The first-order valence-electron chi connectivity index (χ1n) is 8.74. The molecule has 0 saturated carbocycles. The highest BCUT2D eigenvalue weighted by molar-refractivity contribution is 5.41. The summed E-state index contributed by atoms with van der Waals surface area (Å²) in [5.74, 6) is 1.22. The van der Waals surface area contributed by atoms with E-state index in [-0.39, 0.29) is 0 Å². The maximum absolute atomic E-state index is 12.5. The van der Waals surface area contributed by atoms with Gasteiger partial charge in [0, 0.05) is 5.92 Å². The van der Waals surface area contributed by atoms with Gasteiger partial charge in [-0.2, -0.15) is 13.2 Å². The van der Waals surface area contributed by atoms with Gasteiger partial charge in [-0.3, -0.25) is 0 Å². The Labute approximate surface area is 149 Å². The Bertz CT molecular complexity index is 668. The molecule has 2 aromatic carbocycles. The molecule has 0 amide bonds. The summed E-state index contributed by atoms with van der Waals surface area (Å²) in [5, 5.41) is 0. The maximum Gasteiger partial charge on any atom is 0.389 e. The molecule has 0 fully saturated rings. The number of halogens is 3. The Kier molecular flexibility index (Phi) is 6.31. The molecular weight excluding hydrogens is 321 g/mol. The van der Waals surface area contributed by atoms with Crippen LogP contribution in [-0.2, 0) is 6.42 Å².